The Bertz CT molecular complexity index is 743. The van der Waals surface area contributed by atoms with Gasteiger partial charge in [-0.25, -0.2) is 4.98 Å². The predicted molar refractivity (Wildman–Crippen MR) is 90.6 cm³/mol. The van der Waals surface area contributed by atoms with E-state index in [4.69, 9.17) is 0 Å². The summed E-state index contributed by atoms with van der Waals surface area (Å²) in [6.07, 6.45) is 3.57. The van der Waals surface area contributed by atoms with Crippen LogP contribution in [0.5, 0.6) is 0 Å². The van der Waals surface area contributed by atoms with Crippen molar-refractivity contribution in [2.45, 2.75) is 37.8 Å². The molecule has 4 rings (SSSR count). The topological polar surface area (TPSA) is 74.2 Å². The van der Waals surface area contributed by atoms with Crippen LogP contribution in [0, 0.1) is 0 Å². The highest BCUT2D eigenvalue weighted by Gasteiger charge is 2.28. The molecule has 23 heavy (non-hydrogen) atoms. The highest BCUT2D eigenvalue weighted by Crippen LogP contribution is 2.30. The molecule has 6 heteroatoms. The van der Waals surface area contributed by atoms with Crippen LogP contribution in [0.4, 0.5) is 5.13 Å². The number of hydrogen-bond donors (Lipinski definition) is 3. The van der Waals surface area contributed by atoms with Gasteiger partial charge < -0.3 is 15.7 Å². The van der Waals surface area contributed by atoms with Crippen LogP contribution >= 0.6 is 11.3 Å². The third-order valence-corrected chi connectivity index (χ3v) is 5.31. The third-order valence-electron chi connectivity index (χ3n) is 4.55. The number of anilines is 1. The van der Waals surface area contributed by atoms with Gasteiger partial charge in [0.05, 0.1) is 17.8 Å². The summed E-state index contributed by atoms with van der Waals surface area (Å²) in [6, 6.07) is 6.19. The number of amides is 1. The molecule has 0 spiro atoms. The first-order valence-corrected chi connectivity index (χ1v) is 8.87. The average molecular weight is 329 g/mol. The molecule has 1 aromatic heterocycles. The van der Waals surface area contributed by atoms with E-state index < -0.39 is 6.10 Å². The summed E-state index contributed by atoms with van der Waals surface area (Å²) < 4.78 is 0. The number of rotatable bonds is 3. The highest BCUT2D eigenvalue weighted by molar-refractivity contribution is 7.14. The largest absolute Gasteiger partial charge is 0.392 e. The number of β-amino-alcohol motifs (C(OH)–C–C–N with tert-alkyl or cyclic N) is 1. The fourth-order valence-corrected chi connectivity index (χ4v) is 4.03. The van der Waals surface area contributed by atoms with Crippen LogP contribution in [0.1, 0.15) is 24.0 Å². The summed E-state index contributed by atoms with van der Waals surface area (Å²) in [4.78, 5) is 16.7. The molecule has 5 nitrogen and oxygen atoms in total. The molecular formula is C17H19N3O2S. The normalized spacial score (nSPS) is 23.0. The van der Waals surface area contributed by atoms with Crippen molar-refractivity contribution in [3.63, 3.8) is 0 Å². The second-order valence-corrected chi connectivity index (χ2v) is 7.07. The number of carbonyl (C=O) groups excluding carboxylic acids is 1. The molecule has 1 fully saturated rings. The lowest BCUT2D eigenvalue weighted by Gasteiger charge is -2.08. The van der Waals surface area contributed by atoms with E-state index in [1.807, 2.05) is 5.38 Å². The fourth-order valence-electron chi connectivity index (χ4n) is 3.30. The Morgan fingerprint density at radius 2 is 2.22 bits per heavy atom. The number of nitrogens with one attached hydrogen (secondary N) is 2. The Labute approximate surface area is 138 Å². The van der Waals surface area contributed by atoms with Crippen LogP contribution in [0.2, 0.25) is 0 Å². The van der Waals surface area contributed by atoms with Gasteiger partial charge in [0.2, 0.25) is 5.91 Å². The summed E-state index contributed by atoms with van der Waals surface area (Å²) in [5.74, 6) is -0.128. The summed E-state index contributed by atoms with van der Waals surface area (Å²) >= 11 is 1.43. The highest BCUT2D eigenvalue weighted by atomic mass is 32.1. The molecule has 1 saturated heterocycles. The first-order valence-electron chi connectivity index (χ1n) is 7.99. The van der Waals surface area contributed by atoms with Gasteiger partial charge in [0.25, 0.3) is 0 Å². The minimum Gasteiger partial charge on any atom is -0.392 e. The lowest BCUT2D eigenvalue weighted by Crippen LogP contribution is -2.35. The summed E-state index contributed by atoms with van der Waals surface area (Å²) in [5, 5.41) is 17.9. The first-order chi connectivity index (χ1) is 11.2. The number of thiazole rings is 1. The van der Waals surface area contributed by atoms with E-state index in [0.717, 1.165) is 17.7 Å². The van der Waals surface area contributed by atoms with Crippen LogP contribution in [0.3, 0.4) is 0 Å². The lowest BCUT2D eigenvalue weighted by molar-refractivity contribution is -0.117. The number of fused-ring (bicyclic) bond motifs is 1. The van der Waals surface area contributed by atoms with Gasteiger partial charge in [0.15, 0.2) is 5.13 Å². The number of hydrogen-bond acceptors (Lipinski definition) is 5. The Kier molecular flexibility index (Phi) is 3.88. The maximum absolute atomic E-state index is 12.1. The second-order valence-electron chi connectivity index (χ2n) is 6.21. The number of carbonyl (C=O) groups is 1. The van der Waals surface area contributed by atoms with Crippen LogP contribution in [0.15, 0.2) is 23.6 Å². The van der Waals surface area contributed by atoms with Crippen molar-refractivity contribution in [1.29, 1.82) is 0 Å². The third kappa shape index (κ3) is 3.02. The van der Waals surface area contributed by atoms with E-state index in [9.17, 15) is 9.90 Å². The molecule has 1 aliphatic carbocycles. The van der Waals surface area contributed by atoms with Crippen LogP contribution in [0.25, 0.3) is 11.3 Å². The fraction of sp³-hybridized carbons (Fsp3) is 0.412. The number of aryl methyl sites for hydroxylation is 2. The zero-order valence-corrected chi connectivity index (χ0v) is 13.5. The van der Waals surface area contributed by atoms with E-state index >= 15 is 0 Å². The maximum atomic E-state index is 12.1. The molecule has 1 amide bonds. The van der Waals surface area contributed by atoms with Gasteiger partial charge in [-0.1, -0.05) is 12.1 Å². The van der Waals surface area contributed by atoms with Gasteiger partial charge in [-0.3, -0.25) is 4.79 Å². The number of benzene rings is 1. The lowest BCUT2D eigenvalue weighted by atomic mass is 10.1. The molecule has 2 aromatic rings. The molecule has 0 bridgehead atoms. The molecule has 2 heterocycles. The number of aliphatic hydroxyl groups excluding tert-OH is 1. The Morgan fingerprint density at radius 3 is 3.04 bits per heavy atom. The molecule has 0 unspecified atom stereocenters. The minimum atomic E-state index is -0.441. The first kappa shape index (κ1) is 14.8. The molecule has 1 aliphatic heterocycles. The second kappa shape index (κ2) is 6.03. The molecule has 2 aliphatic rings. The van der Waals surface area contributed by atoms with E-state index in [1.54, 1.807) is 0 Å². The number of aliphatic hydroxyl groups is 1. The summed E-state index contributed by atoms with van der Waals surface area (Å²) in [7, 11) is 0. The van der Waals surface area contributed by atoms with E-state index in [1.165, 1.54) is 35.3 Å². The SMILES string of the molecule is O=C(Nc1nc(-c2ccc3c(c2)CCC3)cs1)[C@H]1C[C@@H](O)CN1. The van der Waals surface area contributed by atoms with Crippen LogP contribution in [-0.4, -0.2) is 34.7 Å². The van der Waals surface area contributed by atoms with Gasteiger partial charge in [-0.2, -0.15) is 0 Å². The predicted octanol–water partition coefficient (Wildman–Crippen LogP) is 1.96. The van der Waals surface area contributed by atoms with Crippen molar-refractivity contribution in [2.75, 3.05) is 11.9 Å². The zero-order chi connectivity index (χ0) is 15.8. The molecule has 0 radical (unpaired) electrons. The number of nitrogens with zero attached hydrogens (tertiary/aromatic N) is 1. The van der Waals surface area contributed by atoms with Crippen LogP contribution < -0.4 is 10.6 Å². The molecule has 2 atom stereocenters. The van der Waals surface area contributed by atoms with Crippen molar-refractivity contribution in [3.8, 4) is 11.3 Å². The molecule has 120 valence electrons. The number of aromatic nitrogens is 1. The summed E-state index contributed by atoms with van der Waals surface area (Å²) in [6.45, 7) is 0.469. The molecule has 0 saturated carbocycles. The smallest absolute Gasteiger partial charge is 0.243 e. The minimum absolute atomic E-state index is 0.128. The van der Waals surface area contributed by atoms with Crippen molar-refractivity contribution in [2.24, 2.45) is 0 Å². The zero-order valence-electron chi connectivity index (χ0n) is 12.7. The van der Waals surface area contributed by atoms with Crippen molar-refractivity contribution >= 4 is 22.4 Å². The monoisotopic (exact) mass is 329 g/mol. The summed E-state index contributed by atoms with van der Waals surface area (Å²) in [5.41, 5.74) is 4.88. The molecular weight excluding hydrogens is 310 g/mol. The van der Waals surface area contributed by atoms with E-state index in [0.29, 0.717) is 18.1 Å². The van der Waals surface area contributed by atoms with Gasteiger partial charge >= 0.3 is 0 Å². The Balaban J connectivity index is 1.47. The van der Waals surface area contributed by atoms with Gasteiger partial charge in [0, 0.05) is 17.5 Å². The van der Waals surface area contributed by atoms with Crippen LogP contribution in [-0.2, 0) is 17.6 Å². The Morgan fingerprint density at radius 1 is 1.35 bits per heavy atom. The average Bonchev–Trinajstić information content (AvgIpc) is 3.26. The van der Waals surface area contributed by atoms with E-state index in [2.05, 4.69) is 33.8 Å². The van der Waals surface area contributed by atoms with Crippen molar-refractivity contribution in [3.05, 3.63) is 34.7 Å². The van der Waals surface area contributed by atoms with Gasteiger partial charge in [-0.05, 0) is 42.9 Å². The van der Waals surface area contributed by atoms with Gasteiger partial charge in [0.1, 0.15) is 0 Å². The standard InChI is InChI=1S/C17H19N3O2S/c21-13-7-14(18-8-13)16(22)20-17-19-15(9-23-17)12-5-4-10-2-1-3-11(10)6-12/h4-6,9,13-14,18,21H,1-3,7-8H2,(H,19,20,22)/t13-,14-/m1/s1. The van der Waals surface area contributed by atoms with Gasteiger partial charge in [-0.15, -0.1) is 11.3 Å². The molecule has 3 N–H and O–H groups in total. The quantitative estimate of drug-likeness (QED) is 0.805. The Hall–Kier alpha value is -1.76. The maximum Gasteiger partial charge on any atom is 0.243 e. The van der Waals surface area contributed by atoms with Crippen molar-refractivity contribution < 1.29 is 9.90 Å². The molecule has 1 aromatic carbocycles. The van der Waals surface area contributed by atoms with E-state index in [-0.39, 0.29) is 11.9 Å². The van der Waals surface area contributed by atoms with Crippen molar-refractivity contribution in [1.82, 2.24) is 10.3 Å².